The second kappa shape index (κ2) is 4.87. The van der Waals surface area contributed by atoms with Crippen molar-refractivity contribution in [2.24, 2.45) is 0 Å². The third-order valence-electron chi connectivity index (χ3n) is 2.72. The highest BCUT2D eigenvalue weighted by Crippen LogP contribution is 2.23. The molecule has 0 N–H and O–H groups in total. The maximum absolute atomic E-state index is 12.3. The Morgan fingerprint density at radius 2 is 1.94 bits per heavy atom. The van der Waals surface area contributed by atoms with Gasteiger partial charge in [0.05, 0.1) is 10.9 Å². The van der Waals surface area contributed by atoms with E-state index < -0.39 is 16.1 Å². The molecule has 7 heteroatoms. The molecular formula is C11H13N3O3S. The van der Waals surface area contributed by atoms with Crippen LogP contribution in [-0.4, -0.2) is 29.9 Å². The molecule has 2 rings (SSSR count). The van der Waals surface area contributed by atoms with E-state index in [9.17, 15) is 8.42 Å². The van der Waals surface area contributed by atoms with E-state index in [0.29, 0.717) is 5.82 Å². The molecule has 18 heavy (non-hydrogen) atoms. The van der Waals surface area contributed by atoms with Gasteiger partial charge in [-0.05, 0) is 19.1 Å². The molecule has 1 atom stereocenters. The van der Waals surface area contributed by atoms with E-state index in [1.165, 1.54) is 17.7 Å². The molecule has 1 aromatic carbocycles. The van der Waals surface area contributed by atoms with Crippen molar-refractivity contribution in [1.82, 2.24) is 14.4 Å². The highest BCUT2D eigenvalue weighted by atomic mass is 32.2. The first kappa shape index (κ1) is 12.7. The number of aromatic nitrogens is 2. The predicted molar refractivity (Wildman–Crippen MR) is 64.1 cm³/mol. The summed E-state index contributed by atoms with van der Waals surface area (Å²) in [7, 11) is -2.06. The SMILES string of the molecule is C[C@@H](c1ncon1)N(C)S(=O)(=O)c1ccccc1. The summed E-state index contributed by atoms with van der Waals surface area (Å²) < 4.78 is 30.5. The zero-order valence-electron chi connectivity index (χ0n) is 10.0. The summed E-state index contributed by atoms with van der Waals surface area (Å²) in [6.07, 6.45) is 1.18. The molecule has 0 bridgehead atoms. The van der Waals surface area contributed by atoms with Crippen LogP contribution in [0.4, 0.5) is 0 Å². The van der Waals surface area contributed by atoms with Crippen LogP contribution < -0.4 is 0 Å². The van der Waals surface area contributed by atoms with Crippen molar-refractivity contribution in [3.63, 3.8) is 0 Å². The van der Waals surface area contributed by atoms with Gasteiger partial charge in [-0.1, -0.05) is 23.4 Å². The Balaban J connectivity index is 2.31. The van der Waals surface area contributed by atoms with E-state index in [0.717, 1.165) is 0 Å². The van der Waals surface area contributed by atoms with Crippen molar-refractivity contribution in [3.05, 3.63) is 42.5 Å². The molecule has 0 saturated heterocycles. The molecule has 0 aliphatic heterocycles. The Hall–Kier alpha value is -1.73. The molecule has 0 aliphatic rings. The van der Waals surface area contributed by atoms with Crippen LogP contribution in [0.25, 0.3) is 0 Å². The highest BCUT2D eigenvalue weighted by Gasteiger charge is 2.28. The largest absolute Gasteiger partial charge is 0.343 e. The first-order valence-electron chi connectivity index (χ1n) is 5.33. The molecule has 1 heterocycles. The van der Waals surface area contributed by atoms with E-state index in [1.54, 1.807) is 37.3 Å². The lowest BCUT2D eigenvalue weighted by Gasteiger charge is -2.21. The summed E-state index contributed by atoms with van der Waals surface area (Å²) in [6, 6.07) is 7.74. The van der Waals surface area contributed by atoms with Crippen LogP contribution in [0.3, 0.4) is 0 Å². The van der Waals surface area contributed by atoms with Gasteiger partial charge in [-0.2, -0.15) is 9.29 Å². The number of rotatable bonds is 4. The van der Waals surface area contributed by atoms with Crippen LogP contribution in [0.1, 0.15) is 18.8 Å². The van der Waals surface area contributed by atoms with Crippen molar-refractivity contribution < 1.29 is 12.9 Å². The Kier molecular flexibility index (Phi) is 3.44. The Morgan fingerprint density at radius 1 is 1.28 bits per heavy atom. The number of benzene rings is 1. The summed E-state index contributed by atoms with van der Waals surface area (Å²) in [5.41, 5.74) is 0. The standard InChI is InChI=1S/C11H13N3O3S/c1-9(11-12-8-17-13-11)14(2)18(15,16)10-6-4-3-5-7-10/h3-9H,1-2H3/t9-/m0/s1. The predicted octanol–water partition coefficient (Wildman–Crippen LogP) is 1.45. The fraction of sp³-hybridized carbons (Fsp3) is 0.273. The van der Waals surface area contributed by atoms with Crippen molar-refractivity contribution >= 4 is 10.0 Å². The van der Waals surface area contributed by atoms with E-state index in [1.807, 2.05) is 0 Å². The molecule has 96 valence electrons. The molecule has 0 aliphatic carbocycles. The monoisotopic (exact) mass is 267 g/mol. The van der Waals surface area contributed by atoms with Crippen LogP contribution in [0.15, 0.2) is 46.1 Å². The van der Waals surface area contributed by atoms with Crippen molar-refractivity contribution in [3.8, 4) is 0 Å². The average molecular weight is 267 g/mol. The van der Waals surface area contributed by atoms with E-state index in [4.69, 9.17) is 0 Å². The minimum atomic E-state index is -3.55. The second-order valence-corrected chi connectivity index (χ2v) is 5.80. The Labute approximate surface area is 105 Å². The van der Waals surface area contributed by atoms with Gasteiger partial charge in [0.15, 0.2) is 5.82 Å². The van der Waals surface area contributed by atoms with Crippen molar-refractivity contribution in [1.29, 1.82) is 0 Å². The summed E-state index contributed by atoms with van der Waals surface area (Å²) in [6.45, 7) is 1.70. The molecule has 0 spiro atoms. The average Bonchev–Trinajstić information content (AvgIpc) is 2.92. The number of hydrogen-bond donors (Lipinski definition) is 0. The second-order valence-electron chi connectivity index (χ2n) is 3.80. The van der Waals surface area contributed by atoms with Gasteiger partial charge >= 0.3 is 0 Å². The quantitative estimate of drug-likeness (QED) is 0.838. The van der Waals surface area contributed by atoms with Gasteiger partial charge in [0.2, 0.25) is 16.4 Å². The first-order valence-corrected chi connectivity index (χ1v) is 6.77. The van der Waals surface area contributed by atoms with Crippen molar-refractivity contribution in [2.75, 3.05) is 7.05 Å². The lowest BCUT2D eigenvalue weighted by molar-refractivity contribution is 0.356. The van der Waals surface area contributed by atoms with E-state index in [2.05, 4.69) is 14.7 Å². The molecule has 2 aromatic rings. The van der Waals surface area contributed by atoms with Crippen LogP contribution in [0, 0.1) is 0 Å². The first-order chi connectivity index (χ1) is 8.53. The van der Waals surface area contributed by atoms with Crippen LogP contribution in [0.5, 0.6) is 0 Å². The van der Waals surface area contributed by atoms with Crippen LogP contribution >= 0.6 is 0 Å². The molecule has 6 nitrogen and oxygen atoms in total. The maximum Gasteiger partial charge on any atom is 0.243 e. The highest BCUT2D eigenvalue weighted by molar-refractivity contribution is 7.89. The molecule has 0 unspecified atom stereocenters. The lowest BCUT2D eigenvalue weighted by atomic mass is 10.3. The van der Waals surface area contributed by atoms with E-state index in [-0.39, 0.29) is 4.90 Å². The van der Waals surface area contributed by atoms with Gasteiger partial charge in [0, 0.05) is 7.05 Å². The number of sulfonamides is 1. The minimum absolute atomic E-state index is 0.239. The van der Waals surface area contributed by atoms with Gasteiger partial charge < -0.3 is 4.52 Å². The third-order valence-corrected chi connectivity index (χ3v) is 4.66. The fourth-order valence-electron chi connectivity index (χ4n) is 1.49. The van der Waals surface area contributed by atoms with E-state index >= 15 is 0 Å². The van der Waals surface area contributed by atoms with Gasteiger partial charge in [-0.25, -0.2) is 8.42 Å². The smallest absolute Gasteiger partial charge is 0.243 e. The summed E-state index contributed by atoms with van der Waals surface area (Å²) >= 11 is 0. The van der Waals surface area contributed by atoms with Crippen LogP contribution in [-0.2, 0) is 10.0 Å². The summed E-state index contributed by atoms with van der Waals surface area (Å²) in [5, 5.41) is 3.65. The van der Waals surface area contributed by atoms with Gasteiger partial charge in [-0.15, -0.1) is 0 Å². The van der Waals surface area contributed by atoms with Gasteiger partial charge in [0.1, 0.15) is 0 Å². The normalized spacial score (nSPS) is 13.7. The fourth-order valence-corrected chi connectivity index (χ4v) is 2.84. The third kappa shape index (κ3) is 2.27. The Morgan fingerprint density at radius 3 is 2.50 bits per heavy atom. The summed E-state index contributed by atoms with van der Waals surface area (Å²) in [4.78, 5) is 4.10. The number of nitrogens with zero attached hydrogens (tertiary/aromatic N) is 3. The molecule has 1 aromatic heterocycles. The summed E-state index contributed by atoms with van der Waals surface area (Å²) in [5.74, 6) is 0.331. The zero-order valence-corrected chi connectivity index (χ0v) is 10.8. The minimum Gasteiger partial charge on any atom is -0.343 e. The maximum atomic E-state index is 12.3. The molecule has 0 saturated carbocycles. The number of hydrogen-bond acceptors (Lipinski definition) is 5. The molecule has 0 amide bonds. The molecule has 0 radical (unpaired) electrons. The van der Waals surface area contributed by atoms with Crippen molar-refractivity contribution in [2.45, 2.75) is 17.9 Å². The Bertz CT molecular complexity index is 596. The molecular weight excluding hydrogens is 254 g/mol. The van der Waals surface area contributed by atoms with Gasteiger partial charge in [0.25, 0.3) is 0 Å². The zero-order chi connectivity index (χ0) is 13.2. The molecule has 0 fully saturated rings. The topological polar surface area (TPSA) is 76.3 Å². The lowest BCUT2D eigenvalue weighted by Crippen LogP contribution is -2.30. The van der Waals surface area contributed by atoms with Gasteiger partial charge in [-0.3, -0.25) is 0 Å². The van der Waals surface area contributed by atoms with Crippen LogP contribution in [0.2, 0.25) is 0 Å².